The number of carbonyl (C=O) groups is 2. The number of amides is 1. The zero-order chi connectivity index (χ0) is 20.8. The quantitative estimate of drug-likeness (QED) is 0.600. The molecule has 154 valence electrons. The Morgan fingerprint density at radius 3 is 2.73 bits per heavy atom. The predicted molar refractivity (Wildman–Crippen MR) is 116 cm³/mol. The molecule has 0 spiro atoms. The van der Waals surface area contributed by atoms with Gasteiger partial charge in [0.05, 0.1) is 18.4 Å². The summed E-state index contributed by atoms with van der Waals surface area (Å²) in [6.45, 7) is 3.42. The number of hydrogen-bond donors (Lipinski definition) is 0. The molecule has 0 aliphatic carbocycles. The van der Waals surface area contributed by atoms with Gasteiger partial charge in [-0.1, -0.05) is 16.8 Å². The van der Waals surface area contributed by atoms with Crippen LogP contribution in [0.15, 0.2) is 40.9 Å². The third-order valence-electron chi connectivity index (χ3n) is 5.93. The first-order valence-electron chi connectivity index (χ1n) is 9.94. The summed E-state index contributed by atoms with van der Waals surface area (Å²) < 4.78 is 5.41. The molecule has 0 atom stereocenters. The second kappa shape index (κ2) is 7.41. The van der Waals surface area contributed by atoms with Crippen LogP contribution in [0.4, 0.5) is 11.5 Å². The van der Waals surface area contributed by atoms with E-state index in [9.17, 15) is 9.59 Å². The van der Waals surface area contributed by atoms with Crippen LogP contribution in [0, 0.1) is 0 Å². The molecule has 0 radical (unpaired) electrons. The maximum absolute atomic E-state index is 12.8. The Morgan fingerprint density at radius 1 is 1.13 bits per heavy atom. The molecule has 3 aromatic rings. The SMILES string of the molecule is CN1C(=O)Cc2cc(C(=O)CN3CCN(c4noc5cc(Cl)ccc45)CC3)ccc21. The lowest BCUT2D eigenvalue weighted by atomic mass is 10.0. The number of piperazine rings is 1. The number of hydrogen-bond acceptors (Lipinski definition) is 6. The molecule has 0 unspecified atom stereocenters. The number of benzene rings is 2. The van der Waals surface area contributed by atoms with Crippen LogP contribution in [0.5, 0.6) is 0 Å². The van der Waals surface area contributed by atoms with E-state index in [2.05, 4.69) is 15.0 Å². The molecule has 7 nitrogen and oxygen atoms in total. The number of carbonyl (C=O) groups excluding carboxylic acids is 2. The summed E-state index contributed by atoms with van der Waals surface area (Å²) in [6.07, 6.45) is 0.364. The molecule has 2 aliphatic heterocycles. The third-order valence-corrected chi connectivity index (χ3v) is 6.17. The van der Waals surface area contributed by atoms with Crippen molar-refractivity contribution in [3.8, 4) is 0 Å². The molecule has 0 N–H and O–H groups in total. The maximum atomic E-state index is 12.8. The highest BCUT2D eigenvalue weighted by Gasteiger charge is 2.26. The first kappa shape index (κ1) is 19.1. The second-order valence-electron chi connectivity index (χ2n) is 7.81. The Hall–Kier alpha value is -2.90. The van der Waals surface area contributed by atoms with Gasteiger partial charge in [0, 0.05) is 55.6 Å². The summed E-state index contributed by atoms with van der Waals surface area (Å²) in [7, 11) is 1.77. The van der Waals surface area contributed by atoms with Crippen LogP contribution < -0.4 is 9.80 Å². The van der Waals surface area contributed by atoms with E-state index in [4.69, 9.17) is 16.1 Å². The lowest BCUT2D eigenvalue weighted by Crippen LogP contribution is -2.48. The molecule has 1 aromatic heterocycles. The molecule has 30 heavy (non-hydrogen) atoms. The normalized spacial score (nSPS) is 17.1. The summed E-state index contributed by atoms with van der Waals surface area (Å²) in [6, 6.07) is 11.1. The Morgan fingerprint density at radius 2 is 1.93 bits per heavy atom. The van der Waals surface area contributed by atoms with Crippen LogP contribution >= 0.6 is 11.6 Å². The van der Waals surface area contributed by atoms with Crippen LogP contribution in [0.2, 0.25) is 5.02 Å². The van der Waals surface area contributed by atoms with E-state index in [1.807, 2.05) is 30.3 Å². The number of nitrogens with zero attached hydrogens (tertiary/aromatic N) is 4. The maximum Gasteiger partial charge on any atom is 0.231 e. The molecule has 5 rings (SSSR count). The third kappa shape index (κ3) is 3.34. The van der Waals surface area contributed by atoms with Crippen LogP contribution in [-0.2, 0) is 11.2 Å². The number of ketones is 1. The minimum Gasteiger partial charge on any atom is -0.354 e. The Labute approximate surface area is 178 Å². The van der Waals surface area contributed by atoms with Crippen molar-refractivity contribution in [1.82, 2.24) is 10.1 Å². The van der Waals surface area contributed by atoms with Gasteiger partial charge in [0.1, 0.15) is 0 Å². The molecule has 1 saturated heterocycles. The molecular weight excluding hydrogens is 404 g/mol. The smallest absolute Gasteiger partial charge is 0.231 e. The van der Waals surface area contributed by atoms with E-state index in [0.29, 0.717) is 29.1 Å². The van der Waals surface area contributed by atoms with Crippen molar-refractivity contribution in [1.29, 1.82) is 0 Å². The first-order chi connectivity index (χ1) is 14.5. The highest BCUT2D eigenvalue weighted by molar-refractivity contribution is 6.31. The number of Topliss-reactive ketones (excluding diaryl/α,β-unsaturated/α-hetero) is 1. The largest absolute Gasteiger partial charge is 0.354 e. The predicted octanol–water partition coefficient (Wildman–Crippen LogP) is 3.01. The van der Waals surface area contributed by atoms with Gasteiger partial charge >= 0.3 is 0 Å². The fourth-order valence-electron chi connectivity index (χ4n) is 4.18. The molecule has 3 heterocycles. The van der Waals surface area contributed by atoms with Gasteiger partial charge in [-0.2, -0.15) is 0 Å². The average molecular weight is 425 g/mol. The summed E-state index contributed by atoms with van der Waals surface area (Å²) in [4.78, 5) is 30.6. The molecule has 2 aromatic carbocycles. The zero-order valence-electron chi connectivity index (χ0n) is 16.6. The molecule has 0 saturated carbocycles. The van der Waals surface area contributed by atoms with Crippen LogP contribution in [0.1, 0.15) is 15.9 Å². The topological polar surface area (TPSA) is 69.9 Å². The number of halogens is 1. The van der Waals surface area contributed by atoms with Crippen molar-refractivity contribution >= 4 is 45.8 Å². The highest BCUT2D eigenvalue weighted by Crippen LogP contribution is 2.30. The summed E-state index contributed by atoms with van der Waals surface area (Å²) >= 11 is 6.02. The monoisotopic (exact) mass is 424 g/mol. The summed E-state index contributed by atoms with van der Waals surface area (Å²) in [5.74, 6) is 0.961. The van der Waals surface area contributed by atoms with E-state index < -0.39 is 0 Å². The van der Waals surface area contributed by atoms with Gasteiger partial charge < -0.3 is 14.3 Å². The van der Waals surface area contributed by atoms with Gasteiger partial charge in [-0.15, -0.1) is 0 Å². The zero-order valence-corrected chi connectivity index (χ0v) is 17.4. The van der Waals surface area contributed by atoms with Crippen molar-refractivity contribution in [2.75, 3.05) is 49.6 Å². The average Bonchev–Trinajstić information content (AvgIpc) is 3.28. The number of rotatable bonds is 4. The van der Waals surface area contributed by atoms with E-state index in [-0.39, 0.29) is 11.7 Å². The van der Waals surface area contributed by atoms with Gasteiger partial charge in [0.2, 0.25) is 5.91 Å². The van der Waals surface area contributed by atoms with Gasteiger partial charge in [0.25, 0.3) is 0 Å². The van der Waals surface area contributed by atoms with E-state index in [1.54, 1.807) is 18.0 Å². The number of anilines is 2. The van der Waals surface area contributed by atoms with E-state index in [1.165, 1.54) is 0 Å². The molecule has 1 amide bonds. The van der Waals surface area contributed by atoms with Gasteiger partial charge in [0.15, 0.2) is 17.2 Å². The van der Waals surface area contributed by atoms with Crippen molar-refractivity contribution in [3.63, 3.8) is 0 Å². The lowest BCUT2D eigenvalue weighted by Gasteiger charge is -2.34. The summed E-state index contributed by atoms with van der Waals surface area (Å²) in [5.41, 5.74) is 3.16. The van der Waals surface area contributed by atoms with Gasteiger partial charge in [-0.25, -0.2) is 0 Å². The number of likely N-dealkylation sites (N-methyl/N-ethyl adjacent to an activating group) is 1. The van der Waals surface area contributed by atoms with Crippen molar-refractivity contribution in [2.45, 2.75) is 6.42 Å². The van der Waals surface area contributed by atoms with Crippen LogP contribution in [0.3, 0.4) is 0 Å². The van der Waals surface area contributed by atoms with Crippen LogP contribution in [-0.4, -0.2) is 61.5 Å². The molecular formula is C22H21ClN4O3. The standard InChI is InChI=1S/C22H21ClN4O3/c1-25-18-5-2-14(10-15(18)11-21(25)29)19(28)13-26-6-8-27(9-7-26)22-17-4-3-16(23)12-20(17)30-24-22/h2-5,10,12H,6-9,11,13H2,1H3. The first-order valence-corrected chi connectivity index (χ1v) is 10.3. The summed E-state index contributed by atoms with van der Waals surface area (Å²) in [5, 5.41) is 5.78. The number of aromatic nitrogens is 1. The minimum absolute atomic E-state index is 0.0633. The second-order valence-corrected chi connectivity index (χ2v) is 8.24. The minimum atomic E-state index is 0.0633. The Kier molecular flexibility index (Phi) is 4.72. The Balaban J connectivity index is 1.23. The fourth-order valence-corrected chi connectivity index (χ4v) is 4.34. The molecule has 8 heteroatoms. The van der Waals surface area contributed by atoms with Gasteiger partial charge in [-0.3, -0.25) is 14.5 Å². The molecule has 0 bridgehead atoms. The van der Waals surface area contributed by atoms with Crippen LogP contribution in [0.25, 0.3) is 11.0 Å². The van der Waals surface area contributed by atoms with Crippen molar-refractivity contribution < 1.29 is 14.1 Å². The Bertz CT molecular complexity index is 1150. The van der Waals surface area contributed by atoms with E-state index in [0.717, 1.165) is 48.6 Å². The van der Waals surface area contributed by atoms with Crippen molar-refractivity contribution in [3.05, 3.63) is 52.5 Å². The molecule has 2 aliphatic rings. The highest BCUT2D eigenvalue weighted by atomic mass is 35.5. The lowest BCUT2D eigenvalue weighted by molar-refractivity contribution is -0.117. The number of fused-ring (bicyclic) bond motifs is 2. The van der Waals surface area contributed by atoms with Crippen molar-refractivity contribution in [2.24, 2.45) is 0 Å². The molecule has 1 fully saturated rings. The van der Waals surface area contributed by atoms with Gasteiger partial charge in [-0.05, 0) is 35.9 Å². The van der Waals surface area contributed by atoms with E-state index >= 15 is 0 Å². The fraction of sp³-hybridized carbons (Fsp3) is 0.318.